The number of aromatic nitrogens is 2. The van der Waals surface area contributed by atoms with E-state index in [4.69, 9.17) is 37.4 Å². The summed E-state index contributed by atoms with van der Waals surface area (Å²) in [4.78, 5) is 31.2. The molecule has 1 N–H and O–H groups in total. The van der Waals surface area contributed by atoms with Gasteiger partial charge in [-0.1, -0.05) is 41.4 Å². The summed E-state index contributed by atoms with van der Waals surface area (Å²) in [6.45, 7) is 0.540. The quantitative estimate of drug-likeness (QED) is 0.105. The van der Waals surface area contributed by atoms with E-state index in [0.29, 0.717) is 40.1 Å². The third-order valence-corrected chi connectivity index (χ3v) is 5.77. The summed E-state index contributed by atoms with van der Waals surface area (Å²) in [5.74, 6) is 0.840. The minimum absolute atomic E-state index is 0.105. The largest absolute Gasteiger partial charge is 0.519 e. The summed E-state index contributed by atoms with van der Waals surface area (Å²) in [5.41, 5.74) is 1.98. The van der Waals surface area contributed by atoms with Crippen LogP contribution in [-0.4, -0.2) is 34.7 Å². The topological polar surface area (TPSA) is 126 Å². The highest BCUT2D eigenvalue weighted by Crippen LogP contribution is 2.27. The van der Waals surface area contributed by atoms with E-state index in [1.165, 1.54) is 31.4 Å². The van der Waals surface area contributed by atoms with Gasteiger partial charge in [-0.3, -0.25) is 10.1 Å². The van der Waals surface area contributed by atoms with E-state index in [9.17, 15) is 14.9 Å². The van der Waals surface area contributed by atoms with Crippen LogP contribution in [0, 0.1) is 10.1 Å². The van der Waals surface area contributed by atoms with Crippen molar-refractivity contribution in [1.82, 2.24) is 9.97 Å². The molecule has 0 fully saturated rings. The second-order valence-corrected chi connectivity index (χ2v) is 8.61. The summed E-state index contributed by atoms with van der Waals surface area (Å²) in [6, 6.07) is 19.0. The molecular weight excluding hydrogens is 535 g/mol. The molecule has 0 aliphatic rings. The number of carbonyl (C=O) groups excluding carboxylic acids is 1. The number of hydrogen-bond donors (Lipinski definition) is 1. The molecule has 194 valence electrons. The van der Waals surface area contributed by atoms with E-state index in [1.807, 2.05) is 6.07 Å². The first kappa shape index (κ1) is 26.6. The monoisotopic (exact) mass is 554 g/mol. The van der Waals surface area contributed by atoms with E-state index in [-0.39, 0.29) is 23.2 Å². The molecular formula is C26H20Cl2N4O6. The third-order valence-electron chi connectivity index (χ3n) is 5.18. The normalized spacial score (nSPS) is 10.5. The number of carbonyl (C=O) groups is 1. The van der Waals surface area contributed by atoms with Crippen molar-refractivity contribution in [3.8, 4) is 28.8 Å². The lowest BCUT2D eigenvalue weighted by atomic mass is 10.1. The van der Waals surface area contributed by atoms with Crippen molar-refractivity contribution < 1.29 is 23.9 Å². The Labute approximate surface area is 227 Å². The molecule has 0 amide bonds. The molecule has 0 aliphatic carbocycles. The Morgan fingerprint density at radius 3 is 2.45 bits per heavy atom. The molecule has 12 heteroatoms. The second kappa shape index (κ2) is 12.2. The Morgan fingerprint density at radius 1 is 0.974 bits per heavy atom. The number of ether oxygens (including phenoxy) is 3. The maximum atomic E-state index is 12.2. The van der Waals surface area contributed by atoms with Gasteiger partial charge in [0.1, 0.15) is 17.3 Å². The van der Waals surface area contributed by atoms with Crippen LogP contribution in [0.1, 0.15) is 5.56 Å². The van der Waals surface area contributed by atoms with Crippen molar-refractivity contribution in [3.63, 3.8) is 0 Å². The van der Waals surface area contributed by atoms with Crippen LogP contribution in [-0.2, 0) is 6.42 Å². The molecule has 0 unspecified atom stereocenters. The third kappa shape index (κ3) is 7.09. The van der Waals surface area contributed by atoms with Gasteiger partial charge in [-0.05, 0) is 48.4 Å². The molecule has 0 radical (unpaired) electrons. The fourth-order valence-corrected chi connectivity index (χ4v) is 3.88. The van der Waals surface area contributed by atoms with E-state index in [0.717, 1.165) is 5.56 Å². The molecule has 1 aromatic heterocycles. The number of non-ortho nitro benzene ring substituents is 1. The number of hydrogen-bond acceptors (Lipinski definition) is 9. The molecule has 3 aromatic carbocycles. The number of anilines is 1. The Balaban J connectivity index is 1.44. The minimum Gasteiger partial charge on any atom is -0.467 e. The van der Waals surface area contributed by atoms with E-state index >= 15 is 0 Å². The van der Waals surface area contributed by atoms with Crippen molar-refractivity contribution in [1.29, 1.82) is 0 Å². The Kier molecular flexibility index (Phi) is 8.57. The van der Waals surface area contributed by atoms with Gasteiger partial charge in [0.2, 0.25) is 0 Å². The minimum atomic E-state index is -1.00. The lowest BCUT2D eigenvalue weighted by molar-refractivity contribution is -0.384. The van der Waals surface area contributed by atoms with Gasteiger partial charge in [-0.2, -0.15) is 9.97 Å². The Morgan fingerprint density at radius 2 is 1.74 bits per heavy atom. The van der Waals surface area contributed by atoms with Crippen LogP contribution >= 0.6 is 23.2 Å². The molecule has 10 nitrogen and oxygen atoms in total. The number of rotatable bonds is 9. The first-order valence-electron chi connectivity index (χ1n) is 11.2. The summed E-state index contributed by atoms with van der Waals surface area (Å²) in [5, 5.41) is 15.2. The van der Waals surface area contributed by atoms with Gasteiger partial charge in [-0.25, -0.2) is 4.79 Å². The average Bonchev–Trinajstić information content (AvgIpc) is 2.90. The number of nitrogens with one attached hydrogen (secondary N) is 1. The van der Waals surface area contributed by atoms with Crippen LogP contribution in [0.15, 0.2) is 72.8 Å². The first-order chi connectivity index (χ1) is 18.3. The molecule has 0 spiro atoms. The molecule has 38 heavy (non-hydrogen) atoms. The van der Waals surface area contributed by atoms with Crippen LogP contribution in [0.25, 0.3) is 11.3 Å². The van der Waals surface area contributed by atoms with Gasteiger partial charge in [0.25, 0.3) is 5.69 Å². The zero-order chi connectivity index (χ0) is 27.1. The fourth-order valence-electron chi connectivity index (χ4n) is 3.37. The smallest absolute Gasteiger partial charge is 0.467 e. The molecule has 0 saturated heterocycles. The Hall–Kier alpha value is -4.41. The van der Waals surface area contributed by atoms with Crippen molar-refractivity contribution in [3.05, 3.63) is 98.5 Å². The van der Waals surface area contributed by atoms with Gasteiger partial charge < -0.3 is 19.5 Å². The number of nitrogens with zero attached hydrogens (tertiary/aromatic N) is 3. The maximum absolute atomic E-state index is 12.2. The predicted octanol–water partition coefficient (Wildman–Crippen LogP) is 6.60. The van der Waals surface area contributed by atoms with Crippen LogP contribution in [0.3, 0.4) is 0 Å². The standard InChI is InChI=1S/C26H20Cl2N4O6/c1-36-25-30-23(15-24(31-25)29-12-11-16-5-6-18(27)14-22(16)28)17-3-2-4-21(13-17)38-26(33)37-20-9-7-19(8-10-20)32(34)35/h2-10,13-15H,11-12H2,1H3,(H,29,30,31). The zero-order valence-corrected chi connectivity index (χ0v) is 21.4. The summed E-state index contributed by atoms with van der Waals surface area (Å²) in [7, 11) is 1.46. The van der Waals surface area contributed by atoms with Crippen LogP contribution in [0.4, 0.5) is 16.3 Å². The van der Waals surface area contributed by atoms with Crippen molar-refractivity contribution in [2.24, 2.45) is 0 Å². The van der Waals surface area contributed by atoms with E-state index in [2.05, 4.69) is 15.3 Å². The SMILES string of the molecule is COc1nc(NCCc2ccc(Cl)cc2Cl)cc(-c2cccc(OC(=O)Oc3ccc([N+](=O)[O-])cc3)c2)n1. The highest BCUT2D eigenvalue weighted by atomic mass is 35.5. The van der Waals surface area contributed by atoms with Gasteiger partial charge >= 0.3 is 12.2 Å². The van der Waals surface area contributed by atoms with Crippen molar-refractivity contribution in [2.45, 2.75) is 6.42 Å². The second-order valence-electron chi connectivity index (χ2n) is 7.77. The Bertz CT molecular complexity index is 1470. The molecule has 0 saturated carbocycles. The molecule has 4 rings (SSSR count). The molecule has 0 atom stereocenters. The summed E-state index contributed by atoms with van der Waals surface area (Å²) >= 11 is 12.2. The first-order valence-corrected chi connectivity index (χ1v) is 11.9. The molecule has 0 bridgehead atoms. The van der Waals surface area contributed by atoms with Crippen LogP contribution < -0.4 is 19.5 Å². The highest BCUT2D eigenvalue weighted by Gasteiger charge is 2.13. The fraction of sp³-hybridized carbons (Fsp3) is 0.115. The summed E-state index contributed by atoms with van der Waals surface area (Å²) < 4.78 is 15.6. The van der Waals surface area contributed by atoms with Gasteiger partial charge in [-0.15, -0.1) is 0 Å². The molecule has 1 heterocycles. The average molecular weight is 555 g/mol. The maximum Gasteiger partial charge on any atom is 0.519 e. The number of nitro benzene ring substituents is 1. The predicted molar refractivity (Wildman–Crippen MR) is 142 cm³/mol. The van der Waals surface area contributed by atoms with E-state index < -0.39 is 11.1 Å². The molecule has 4 aromatic rings. The van der Waals surface area contributed by atoms with Gasteiger partial charge in [0, 0.05) is 40.4 Å². The van der Waals surface area contributed by atoms with Crippen molar-refractivity contribution >= 4 is 40.9 Å². The van der Waals surface area contributed by atoms with Crippen molar-refractivity contribution in [2.75, 3.05) is 19.0 Å². The number of methoxy groups -OCH3 is 1. The van der Waals surface area contributed by atoms with Gasteiger partial charge in [0.05, 0.1) is 17.7 Å². The summed E-state index contributed by atoms with van der Waals surface area (Å²) in [6.07, 6.45) is -0.364. The van der Waals surface area contributed by atoms with Gasteiger partial charge in [0.15, 0.2) is 0 Å². The lowest BCUT2D eigenvalue weighted by Gasteiger charge is -2.11. The zero-order valence-electron chi connectivity index (χ0n) is 19.9. The number of benzene rings is 3. The number of nitro groups is 1. The van der Waals surface area contributed by atoms with E-state index in [1.54, 1.807) is 42.5 Å². The van der Waals surface area contributed by atoms with Crippen LogP contribution in [0.5, 0.6) is 17.5 Å². The number of halogens is 2. The highest BCUT2D eigenvalue weighted by molar-refractivity contribution is 6.35. The van der Waals surface area contributed by atoms with Crippen LogP contribution in [0.2, 0.25) is 10.0 Å². The lowest BCUT2D eigenvalue weighted by Crippen LogP contribution is -2.13. The molecule has 0 aliphatic heterocycles.